The molecule has 0 amide bonds. The van der Waals surface area contributed by atoms with Crippen LogP contribution in [-0.4, -0.2) is 141 Å². The standard InChI is InChI=1S/C26H42O14/c27-5-6-31-7-8-32-10-12-35-16-18-38-22-40-26(30)24-3-1-23(2-4-24)25(29)39-20-19-36-14-13-33-9-11-34-15-17-37-21-28/h1-4,27-28H,5-22H2. The molecule has 1 aromatic rings. The Kier molecular flexibility index (Phi) is 24.1. The molecule has 2 N–H and O–H groups in total. The van der Waals surface area contributed by atoms with Crippen molar-refractivity contribution < 1.29 is 67.2 Å². The number of ether oxygens (including phenoxy) is 10. The Balaban J connectivity index is 1.99. The van der Waals surface area contributed by atoms with Crippen molar-refractivity contribution in [1.29, 1.82) is 0 Å². The van der Waals surface area contributed by atoms with Crippen LogP contribution < -0.4 is 0 Å². The third-order valence-electron chi connectivity index (χ3n) is 4.65. The molecule has 0 spiro atoms. The first-order valence-corrected chi connectivity index (χ1v) is 13.0. The molecular weight excluding hydrogens is 536 g/mol. The van der Waals surface area contributed by atoms with Crippen LogP contribution >= 0.6 is 0 Å². The van der Waals surface area contributed by atoms with E-state index in [1.165, 1.54) is 24.3 Å². The molecule has 0 aliphatic heterocycles. The van der Waals surface area contributed by atoms with E-state index < -0.39 is 11.9 Å². The van der Waals surface area contributed by atoms with Gasteiger partial charge < -0.3 is 57.6 Å². The zero-order valence-corrected chi connectivity index (χ0v) is 22.8. The minimum absolute atomic E-state index is 0.0128. The second kappa shape index (κ2) is 27.0. The van der Waals surface area contributed by atoms with Crippen molar-refractivity contribution in [3.8, 4) is 0 Å². The summed E-state index contributed by atoms with van der Waals surface area (Å²) in [6.45, 7) is 4.46. The molecule has 14 nitrogen and oxygen atoms in total. The lowest BCUT2D eigenvalue weighted by atomic mass is 10.1. The SMILES string of the molecule is O=C(OCCOCCOCCOCCOCO)c1ccc(C(=O)OCOCCOCCOCCOCCO)cc1. The first-order valence-electron chi connectivity index (χ1n) is 13.0. The topological polar surface area (TPSA) is 167 Å². The summed E-state index contributed by atoms with van der Waals surface area (Å²) in [7, 11) is 0. The van der Waals surface area contributed by atoms with E-state index in [-0.39, 0.29) is 45.6 Å². The van der Waals surface area contributed by atoms with E-state index in [1.54, 1.807) is 0 Å². The van der Waals surface area contributed by atoms with Crippen LogP contribution in [0.15, 0.2) is 24.3 Å². The molecule has 14 heteroatoms. The minimum Gasteiger partial charge on any atom is -0.460 e. The highest BCUT2D eigenvalue weighted by molar-refractivity contribution is 5.93. The lowest BCUT2D eigenvalue weighted by Crippen LogP contribution is -2.15. The van der Waals surface area contributed by atoms with Crippen molar-refractivity contribution in [3.05, 3.63) is 35.4 Å². The molecule has 0 saturated carbocycles. The van der Waals surface area contributed by atoms with E-state index in [0.717, 1.165) is 0 Å². The van der Waals surface area contributed by atoms with Crippen LogP contribution in [0, 0.1) is 0 Å². The molecule has 0 bridgehead atoms. The average molecular weight is 579 g/mol. The highest BCUT2D eigenvalue weighted by Gasteiger charge is 2.11. The second-order valence-electron chi connectivity index (χ2n) is 7.61. The van der Waals surface area contributed by atoms with E-state index in [1.807, 2.05) is 0 Å². The summed E-state index contributed by atoms with van der Waals surface area (Å²) in [6, 6.07) is 5.88. The summed E-state index contributed by atoms with van der Waals surface area (Å²) in [5.74, 6) is -1.12. The summed E-state index contributed by atoms with van der Waals surface area (Å²) in [6.07, 6.45) is 0. The number of aliphatic hydroxyl groups is 2. The van der Waals surface area contributed by atoms with E-state index in [2.05, 4.69) is 0 Å². The van der Waals surface area contributed by atoms with Gasteiger partial charge in [0.25, 0.3) is 0 Å². The minimum atomic E-state index is -0.587. The molecule has 0 fully saturated rings. The highest BCUT2D eigenvalue weighted by Crippen LogP contribution is 2.08. The molecule has 0 unspecified atom stereocenters. The number of benzene rings is 1. The van der Waals surface area contributed by atoms with Crippen molar-refractivity contribution in [2.24, 2.45) is 0 Å². The number of aliphatic hydroxyl groups excluding tert-OH is 2. The zero-order valence-electron chi connectivity index (χ0n) is 22.8. The molecule has 0 atom stereocenters. The van der Waals surface area contributed by atoms with Crippen molar-refractivity contribution in [1.82, 2.24) is 0 Å². The predicted molar refractivity (Wildman–Crippen MR) is 138 cm³/mol. The van der Waals surface area contributed by atoms with Crippen LogP contribution in [0.25, 0.3) is 0 Å². The first kappa shape index (κ1) is 35.8. The fourth-order valence-electron chi connectivity index (χ4n) is 2.71. The maximum absolute atomic E-state index is 12.1. The Hall–Kier alpha value is -2.24. The summed E-state index contributed by atoms with van der Waals surface area (Å²) < 4.78 is 51.7. The molecule has 0 radical (unpaired) electrons. The number of hydrogen-bond donors (Lipinski definition) is 2. The monoisotopic (exact) mass is 578 g/mol. The summed E-state index contributed by atoms with van der Waals surface area (Å²) >= 11 is 0. The molecule has 230 valence electrons. The third kappa shape index (κ3) is 20.6. The molecule has 1 rings (SSSR count). The van der Waals surface area contributed by atoms with Crippen LogP contribution in [0.1, 0.15) is 20.7 Å². The number of carbonyl (C=O) groups excluding carboxylic acids is 2. The van der Waals surface area contributed by atoms with Crippen LogP contribution in [-0.2, 0) is 47.4 Å². The molecule has 40 heavy (non-hydrogen) atoms. The summed E-state index contributed by atoms with van der Waals surface area (Å²) in [5, 5.41) is 17.0. The molecule has 0 aliphatic rings. The Bertz CT molecular complexity index is 670. The van der Waals surface area contributed by atoms with Crippen LogP contribution in [0.3, 0.4) is 0 Å². The number of hydrogen-bond acceptors (Lipinski definition) is 14. The maximum atomic E-state index is 12.1. The van der Waals surface area contributed by atoms with Gasteiger partial charge in [0, 0.05) is 0 Å². The molecule has 0 aliphatic carbocycles. The van der Waals surface area contributed by atoms with Crippen molar-refractivity contribution in [2.75, 3.05) is 119 Å². The fourth-order valence-corrected chi connectivity index (χ4v) is 2.71. The van der Waals surface area contributed by atoms with Crippen LogP contribution in [0.2, 0.25) is 0 Å². The van der Waals surface area contributed by atoms with Crippen LogP contribution in [0.4, 0.5) is 0 Å². The predicted octanol–water partition coefficient (Wildman–Crippen LogP) is 0.0326. The van der Waals surface area contributed by atoms with Gasteiger partial charge in [-0.05, 0) is 24.3 Å². The normalized spacial score (nSPS) is 11.1. The summed E-state index contributed by atoms with van der Waals surface area (Å²) in [4.78, 5) is 24.2. The van der Waals surface area contributed by atoms with Gasteiger partial charge in [-0.3, -0.25) is 0 Å². The number of esters is 2. The third-order valence-corrected chi connectivity index (χ3v) is 4.65. The lowest BCUT2D eigenvalue weighted by molar-refractivity contribution is -0.0536. The summed E-state index contributed by atoms with van der Waals surface area (Å²) in [5.41, 5.74) is 0.558. The highest BCUT2D eigenvalue weighted by atomic mass is 16.7. The van der Waals surface area contributed by atoms with Gasteiger partial charge in [-0.1, -0.05) is 0 Å². The zero-order chi connectivity index (χ0) is 28.9. The molecule has 1 aromatic carbocycles. The van der Waals surface area contributed by atoms with Crippen molar-refractivity contribution >= 4 is 11.9 Å². The second-order valence-corrected chi connectivity index (χ2v) is 7.61. The average Bonchev–Trinajstić information content (AvgIpc) is 2.97. The van der Waals surface area contributed by atoms with Gasteiger partial charge in [-0.25, -0.2) is 9.59 Å². The van der Waals surface area contributed by atoms with Gasteiger partial charge in [0.2, 0.25) is 0 Å². The van der Waals surface area contributed by atoms with Crippen molar-refractivity contribution in [2.45, 2.75) is 0 Å². The smallest absolute Gasteiger partial charge is 0.340 e. The van der Waals surface area contributed by atoms with Gasteiger partial charge in [0.1, 0.15) is 13.4 Å². The lowest BCUT2D eigenvalue weighted by Gasteiger charge is -2.09. The maximum Gasteiger partial charge on any atom is 0.340 e. The Morgan fingerprint density at radius 2 is 0.800 bits per heavy atom. The van der Waals surface area contributed by atoms with Crippen molar-refractivity contribution in [3.63, 3.8) is 0 Å². The quantitative estimate of drug-likeness (QED) is 0.0776. The Morgan fingerprint density at radius 3 is 1.23 bits per heavy atom. The largest absolute Gasteiger partial charge is 0.460 e. The van der Waals surface area contributed by atoms with E-state index in [4.69, 9.17) is 57.6 Å². The first-order chi connectivity index (χ1) is 19.7. The van der Waals surface area contributed by atoms with Gasteiger partial charge in [-0.15, -0.1) is 0 Å². The van der Waals surface area contributed by atoms with Gasteiger partial charge >= 0.3 is 11.9 Å². The number of rotatable bonds is 28. The molecular formula is C26H42O14. The van der Waals surface area contributed by atoms with E-state index >= 15 is 0 Å². The molecule has 0 aromatic heterocycles. The Morgan fingerprint density at radius 1 is 0.450 bits per heavy atom. The molecule has 0 saturated heterocycles. The Labute approximate surface area is 234 Å². The fraction of sp³-hybridized carbons (Fsp3) is 0.692. The van der Waals surface area contributed by atoms with Gasteiger partial charge in [0.05, 0.1) is 110 Å². The van der Waals surface area contributed by atoms with Crippen LogP contribution in [0.5, 0.6) is 0 Å². The van der Waals surface area contributed by atoms with E-state index in [9.17, 15) is 9.59 Å². The van der Waals surface area contributed by atoms with E-state index in [0.29, 0.717) is 84.8 Å². The molecule has 0 heterocycles. The van der Waals surface area contributed by atoms with Gasteiger partial charge in [-0.2, -0.15) is 0 Å². The number of carbonyl (C=O) groups is 2. The van der Waals surface area contributed by atoms with Gasteiger partial charge in [0.15, 0.2) is 6.79 Å².